The molecule has 0 aromatic heterocycles. The maximum absolute atomic E-state index is 12.9. The second-order valence-electron chi connectivity index (χ2n) is 6.08. The van der Waals surface area contributed by atoms with Crippen molar-refractivity contribution in [2.45, 2.75) is 12.6 Å². The summed E-state index contributed by atoms with van der Waals surface area (Å²) < 4.78 is 38.7. The molecule has 158 valence electrons. The van der Waals surface area contributed by atoms with Gasteiger partial charge in [0.15, 0.2) is 0 Å². The van der Waals surface area contributed by atoms with Gasteiger partial charge in [0, 0.05) is 19.0 Å². The van der Waals surface area contributed by atoms with Crippen molar-refractivity contribution in [2.24, 2.45) is 5.73 Å². The Labute approximate surface area is 174 Å². The predicted molar refractivity (Wildman–Crippen MR) is 107 cm³/mol. The van der Waals surface area contributed by atoms with Crippen molar-refractivity contribution in [1.29, 1.82) is 0 Å². The van der Waals surface area contributed by atoms with E-state index in [1.807, 2.05) is 0 Å². The summed E-state index contributed by atoms with van der Waals surface area (Å²) in [6.07, 6.45) is -2.43. The fourth-order valence-corrected chi connectivity index (χ4v) is 2.62. The number of para-hydroxylation sites is 1. The standard InChI is InChI=1S/C20H17ClF3N3O3/c21-15-7-5-12(11-14(15)20(22,23)24)6-8-18(29)27-16-4-2-1-3-13(16)19(30)26-10-9-17(25)28/h1-8,11H,9-10H2,(H2,25,28)(H,26,30)(H,27,29)/b8-6+. The van der Waals surface area contributed by atoms with Crippen LogP contribution in [0.4, 0.5) is 18.9 Å². The number of hydrogen-bond acceptors (Lipinski definition) is 3. The zero-order chi connectivity index (χ0) is 22.3. The first-order chi connectivity index (χ1) is 14.1. The lowest BCUT2D eigenvalue weighted by atomic mass is 10.1. The number of amides is 3. The van der Waals surface area contributed by atoms with Crippen LogP contribution in [0.25, 0.3) is 6.08 Å². The van der Waals surface area contributed by atoms with E-state index in [9.17, 15) is 27.6 Å². The van der Waals surface area contributed by atoms with E-state index >= 15 is 0 Å². The Morgan fingerprint density at radius 3 is 2.47 bits per heavy atom. The number of anilines is 1. The van der Waals surface area contributed by atoms with Crippen molar-refractivity contribution in [3.63, 3.8) is 0 Å². The summed E-state index contributed by atoms with van der Waals surface area (Å²) >= 11 is 5.56. The number of rotatable bonds is 7. The van der Waals surface area contributed by atoms with E-state index in [2.05, 4.69) is 10.6 Å². The monoisotopic (exact) mass is 439 g/mol. The third-order valence-electron chi connectivity index (χ3n) is 3.81. The van der Waals surface area contributed by atoms with Crippen LogP contribution in [-0.4, -0.2) is 24.3 Å². The Kier molecular flexibility index (Phi) is 7.60. The summed E-state index contributed by atoms with van der Waals surface area (Å²) in [6, 6.07) is 9.38. The highest BCUT2D eigenvalue weighted by Crippen LogP contribution is 2.35. The van der Waals surface area contributed by atoms with Crippen molar-refractivity contribution < 1.29 is 27.6 Å². The van der Waals surface area contributed by atoms with Crippen LogP contribution in [0, 0.1) is 0 Å². The van der Waals surface area contributed by atoms with E-state index in [-0.39, 0.29) is 29.8 Å². The highest BCUT2D eigenvalue weighted by atomic mass is 35.5. The highest BCUT2D eigenvalue weighted by Gasteiger charge is 2.33. The zero-order valence-electron chi connectivity index (χ0n) is 15.4. The fraction of sp³-hybridized carbons (Fsp3) is 0.150. The van der Waals surface area contributed by atoms with Crippen molar-refractivity contribution in [3.05, 3.63) is 70.3 Å². The Balaban J connectivity index is 2.10. The highest BCUT2D eigenvalue weighted by molar-refractivity contribution is 6.31. The smallest absolute Gasteiger partial charge is 0.370 e. The molecule has 0 bridgehead atoms. The summed E-state index contributed by atoms with van der Waals surface area (Å²) in [5, 5.41) is 4.55. The van der Waals surface area contributed by atoms with Crippen LogP contribution in [-0.2, 0) is 15.8 Å². The molecule has 0 aliphatic carbocycles. The number of halogens is 4. The van der Waals surface area contributed by atoms with Gasteiger partial charge in [-0.25, -0.2) is 0 Å². The topological polar surface area (TPSA) is 101 Å². The molecular weight excluding hydrogens is 423 g/mol. The van der Waals surface area contributed by atoms with E-state index in [4.69, 9.17) is 17.3 Å². The van der Waals surface area contributed by atoms with Gasteiger partial charge in [-0.3, -0.25) is 14.4 Å². The third kappa shape index (κ3) is 6.63. The van der Waals surface area contributed by atoms with Crippen LogP contribution in [0.1, 0.15) is 27.9 Å². The molecule has 3 amide bonds. The summed E-state index contributed by atoms with van der Waals surface area (Å²) in [7, 11) is 0. The first kappa shape index (κ1) is 23.0. The Hall–Kier alpha value is -3.33. The number of carbonyl (C=O) groups excluding carboxylic acids is 3. The molecule has 0 heterocycles. The fourth-order valence-electron chi connectivity index (χ4n) is 2.39. The summed E-state index contributed by atoms with van der Waals surface area (Å²) in [5.74, 6) is -1.75. The largest absolute Gasteiger partial charge is 0.417 e. The number of nitrogens with two attached hydrogens (primary N) is 1. The van der Waals surface area contributed by atoms with Crippen molar-refractivity contribution >= 4 is 41.1 Å². The normalized spacial score (nSPS) is 11.3. The molecule has 0 aliphatic rings. The van der Waals surface area contributed by atoms with Crippen molar-refractivity contribution in [1.82, 2.24) is 5.32 Å². The van der Waals surface area contributed by atoms with Crippen LogP contribution in [0.2, 0.25) is 5.02 Å². The van der Waals surface area contributed by atoms with Gasteiger partial charge < -0.3 is 16.4 Å². The van der Waals surface area contributed by atoms with Crippen molar-refractivity contribution in [3.8, 4) is 0 Å². The minimum absolute atomic E-state index is 0.0362. The number of primary amides is 1. The molecule has 4 N–H and O–H groups in total. The van der Waals surface area contributed by atoms with E-state index in [1.54, 1.807) is 12.1 Å². The molecule has 2 aromatic rings. The van der Waals surface area contributed by atoms with Crippen LogP contribution < -0.4 is 16.4 Å². The molecule has 0 aliphatic heterocycles. The maximum atomic E-state index is 12.9. The molecular formula is C20H17ClF3N3O3. The van der Waals surface area contributed by atoms with Crippen LogP contribution >= 0.6 is 11.6 Å². The van der Waals surface area contributed by atoms with Gasteiger partial charge in [0.25, 0.3) is 5.91 Å². The molecule has 0 radical (unpaired) electrons. The Morgan fingerprint density at radius 2 is 1.80 bits per heavy atom. The molecule has 6 nitrogen and oxygen atoms in total. The van der Waals surface area contributed by atoms with Gasteiger partial charge in [-0.2, -0.15) is 13.2 Å². The number of hydrogen-bond donors (Lipinski definition) is 3. The Morgan fingerprint density at radius 1 is 1.10 bits per heavy atom. The minimum Gasteiger partial charge on any atom is -0.370 e. The van der Waals surface area contributed by atoms with Gasteiger partial charge in [0.1, 0.15) is 0 Å². The van der Waals surface area contributed by atoms with Crippen LogP contribution in [0.5, 0.6) is 0 Å². The molecule has 0 spiro atoms. The van der Waals surface area contributed by atoms with Crippen LogP contribution in [0.3, 0.4) is 0 Å². The third-order valence-corrected chi connectivity index (χ3v) is 4.14. The summed E-state index contributed by atoms with van der Waals surface area (Å²) in [4.78, 5) is 35.1. The van der Waals surface area contributed by atoms with Gasteiger partial charge in [0.2, 0.25) is 11.8 Å². The molecule has 30 heavy (non-hydrogen) atoms. The molecule has 2 aromatic carbocycles. The minimum atomic E-state index is -4.62. The Bertz CT molecular complexity index is 991. The van der Waals surface area contributed by atoms with Crippen molar-refractivity contribution in [2.75, 3.05) is 11.9 Å². The molecule has 10 heteroatoms. The summed E-state index contributed by atoms with van der Waals surface area (Å²) in [5.41, 5.74) is 4.46. The molecule has 0 atom stereocenters. The average Bonchev–Trinajstić information content (AvgIpc) is 2.66. The van der Waals surface area contributed by atoms with E-state index in [0.717, 1.165) is 18.2 Å². The predicted octanol–water partition coefficient (Wildman–Crippen LogP) is 3.62. The van der Waals surface area contributed by atoms with Gasteiger partial charge in [-0.1, -0.05) is 29.8 Å². The van der Waals surface area contributed by atoms with Gasteiger partial charge in [-0.05, 0) is 35.9 Å². The second kappa shape index (κ2) is 9.93. The molecule has 0 fully saturated rings. The zero-order valence-corrected chi connectivity index (χ0v) is 16.2. The average molecular weight is 440 g/mol. The number of carbonyl (C=O) groups is 3. The summed E-state index contributed by atoms with van der Waals surface area (Å²) in [6.45, 7) is 0.0362. The quantitative estimate of drug-likeness (QED) is 0.574. The van der Waals surface area contributed by atoms with E-state index in [1.165, 1.54) is 24.3 Å². The lowest BCUT2D eigenvalue weighted by molar-refractivity contribution is -0.137. The lowest BCUT2D eigenvalue weighted by Gasteiger charge is -2.10. The maximum Gasteiger partial charge on any atom is 0.417 e. The van der Waals surface area contributed by atoms with E-state index < -0.39 is 34.5 Å². The van der Waals surface area contributed by atoms with Crippen LogP contribution in [0.15, 0.2) is 48.5 Å². The van der Waals surface area contributed by atoms with Gasteiger partial charge in [0.05, 0.1) is 21.8 Å². The molecule has 0 saturated carbocycles. The number of nitrogens with one attached hydrogen (secondary N) is 2. The second-order valence-corrected chi connectivity index (χ2v) is 6.48. The lowest BCUT2D eigenvalue weighted by Crippen LogP contribution is -2.28. The van der Waals surface area contributed by atoms with Gasteiger partial charge >= 0.3 is 6.18 Å². The molecule has 0 saturated heterocycles. The van der Waals surface area contributed by atoms with Gasteiger partial charge in [-0.15, -0.1) is 0 Å². The number of benzene rings is 2. The number of alkyl halides is 3. The SMILES string of the molecule is NC(=O)CCNC(=O)c1ccccc1NC(=O)/C=C/c1ccc(Cl)c(C(F)(F)F)c1. The van der Waals surface area contributed by atoms with E-state index in [0.29, 0.717) is 0 Å². The first-order valence-corrected chi connectivity index (χ1v) is 8.97. The molecule has 0 unspecified atom stereocenters. The first-order valence-electron chi connectivity index (χ1n) is 8.59. The molecule has 2 rings (SSSR count).